The molecule has 0 unspecified atom stereocenters. The van der Waals surface area contributed by atoms with Crippen LogP contribution in [0, 0.1) is 0 Å². The number of pyridine rings is 1. The molecule has 37 heavy (non-hydrogen) atoms. The lowest BCUT2D eigenvalue weighted by Gasteiger charge is -2.31. The molecule has 1 aliphatic heterocycles. The molecule has 0 atom stereocenters. The van der Waals surface area contributed by atoms with Gasteiger partial charge in [0.15, 0.2) is 0 Å². The third-order valence-corrected chi connectivity index (χ3v) is 9.49. The first-order chi connectivity index (χ1) is 17.7. The van der Waals surface area contributed by atoms with Gasteiger partial charge in [-0.2, -0.15) is 4.31 Å². The number of sulfonamides is 1. The standard InChI is InChI=1S/C28H35N3O5S/c1-19(2)36-22-7-9-23(10-8-22)37(34,35)31-15-13-20(14-16-31)25-17-30(18-27(32)33)28-24(25)11-12-26(29-28)21-5-3-4-6-21/h7-12,17,19-21H,3-6,13-16,18H2,1-2H3,(H,32,33). The van der Waals surface area contributed by atoms with Crippen molar-refractivity contribution in [2.45, 2.75) is 81.8 Å². The van der Waals surface area contributed by atoms with Crippen molar-refractivity contribution in [1.29, 1.82) is 0 Å². The average molecular weight is 526 g/mol. The molecule has 2 aromatic heterocycles. The summed E-state index contributed by atoms with van der Waals surface area (Å²) in [4.78, 5) is 16.8. The van der Waals surface area contributed by atoms with Gasteiger partial charge in [-0.3, -0.25) is 4.79 Å². The van der Waals surface area contributed by atoms with Crippen LogP contribution in [-0.4, -0.2) is 52.5 Å². The number of carboxylic acids is 1. The highest BCUT2D eigenvalue weighted by Gasteiger charge is 2.32. The summed E-state index contributed by atoms with van der Waals surface area (Å²) in [5.74, 6) is 0.336. The van der Waals surface area contributed by atoms with Crippen molar-refractivity contribution in [1.82, 2.24) is 13.9 Å². The molecule has 0 amide bonds. The number of aromatic nitrogens is 2. The predicted octanol–water partition coefficient (Wildman–Crippen LogP) is 5.13. The zero-order chi connectivity index (χ0) is 26.2. The van der Waals surface area contributed by atoms with Crippen molar-refractivity contribution < 1.29 is 23.1 Å². The maximum Gasteiger partial charge on any atom is 0.323 e. The monoisotopic (exact) mass is 525 g/mol. The number of aliphatic carboxylic acids is 1. The molecule has 3 heterocycles. The lowest BCUT2D eigenvalue weighted by Crippen LogP contribution is -2.37. The van der Waals surface area contributed by atoms with Crippen LogP contribution in [0.4, 0.5) is 0 Å². The Hall–Kier alpha value is -2.91. The molecule has 8 nitrogen and oxygen atoms in total. The second kappa shape index (κ2) is 10.5. The molecule has 198 valence electrons. The van der Waals surface area contributed by atoms with Crippen LogP contribution < -0.4 is 4.74 Å². The molecule has 0 radical (unpaired) electrons. The highest BCUT2D eigenvalue weighted by molar-refractivity contribution is 7.89. The molecule has 1 aliphatic carbocycles. The number of rotatable bonds is 8. The number of benzene rings is 1. The van der Waals surface area contributed by atoms with Crippen LogP contribution in [0.2, 0.25) is 0 Å². The minimum absolute atomic E-state index is 0.0208. The normalized spacial score (nSPS) is 18.1. The maximum atomic E-state index is 13.3. The fraction of sp³-hybridized carbons (Fsp3) is 0.500. The highest BCUT2D eigenvalue weighted by Crippen LogP contribution is 2.38. The predicted molar refractivity (Wildman–Crippen MR) is 142 cm³/mol. The van der Waals surface area contributed by atoms with Gasteiger partial charge in [0, 0.05) is 36.3 Å². The van der Waals surface area contributed by atoms with E-state index in [1.807, 2.05) is 20.0 Å². The SMILES string of the molecule is CC(C)Oc1ccc(S(=O)(=O)N2CCC(c3cn(CC(=O)O)c4nc(C5CCCC5)ccc34)CC2)cc1. The Kier molecular flexibility index (Phi) is 7.27. The molecule has 2 aliphatic rings. The maximum absolute atomic E-state index is 13.3. The van der Waals surface area contributed by atoms with Crippen LogP contribution in [-0.2, 0) is 21.4 Å². The number of hydrogen-bond acceptors (Lipinski definition) is 5. The van der Waals surface area contributed by atoms with Gasteiger partial charge in [-0.1, -0.05) is 12.8 Å². The van der Waals surface area contributed by atoms with Gasteiger partial charge >= 0.3 is 5.97 Å². The van der Waals surface area contributed by atoms with Gasteiger partial charge in [0.2, 0.25) is 10.0 Å². The smallest absolute Gasteiger partial charge is 0.323 e. The Balaban J connectivity index is 1.35. The van der Waals surface area contributed by atoms with Crippen molar-refractivity contribution >= 4 is 27.0 Å². The first kappa shape index (κ1) is 25.7. The van der Waals surface area contributed by atoms with Gasteiger partial charge in [-0.05, 0) is 87.4 Å². The molecule has 0 bridgehead atoms. The second-order valence-electron chi connectivity index (χ2n) is 10.5. The number of piperidine rings is 1. The first-order valence-electron chi connectivity index (χ1n) is 13.2. The molecule has 9 heteroatoms. The van der Waals surface area contributed by atoms with Gasteiger partial charge in [0.05, 0.1) is 11.0 Å². The Morgan fingerprint density at radius 3 is 2.32 bits per heavy atom. The average Bonchev–Trinajstić information content (AvgIpc) is 3.52. The zero-order valence-corrected chi connectivity index (χ0v) is 22.3. The van der Waals surface area contributed by atoms with E-state index in [2.05, 4.69) is 12.1 Å². The van der Waals surface area contributed by atoms with E-state index in [1.165, 1.54) is 12.8 Å². The fourth-order valence-electron chi connectivity index (χ4n) is 5.76. The quantitative estimate of drug-likeness (QED) is 0.437. The largest absolute Gasteiger partial charge is 0.491 e. The Bertz CT molecular complexity index is 1370. The summed E-state index contributed by atoms with van der Waals surface area (Å²) in [6.07, 6.45) is 7.97. The van der Waals surface area contributed by atoms with E-state index < -0.39 is 16.0 Å². The number of nitrogens with zero attached hydrogens (tertiary/aromatic N) is 3. The van der Waals surface area contributed by atoms with Crippen LogP contribution in [0.5, 0.6) is 5.75 Å². The molecular formula is C28H35N3O5S. The van der Waals surface area contributed by atoms with Crippen molar-refractivity contribution in [2.24, 2.45) is 0 Å². The molecule has 5 rings (SSSR count). The summed E-state index contributed by atoms with van der Waals surface area (Å²) in [7, 11) is -3.60. The van der Waals surface area contributed by atoms with E-state index in [9.17, 15) is 18.3 Å². The summed E-state index contributed by atoms with van der Waals surface area (Å²) in [5, 5.41) is 10.5. The Morgan fingerprint density at radius 1 is 1.03 bits per heavy atom. The van der Waals surface area contributed by atoms with E-state index in [4.69, 9.17) is 9.72 Å². The molecule has 0 spiro atoms. The van der Waals surface area contributed by atoms with Crippen molar-refractivity contribution in [2.75, 3.05) is 13.1 Å². The Morgan fingerprint density at radius 2 is 1.70 bits per heavy atom. The van der Waals surface area contributed by atoms with E-state index in [1.54, 1.807) is 33.1 Å². The molecule has 1 N–H and O–H groups in total. The molecule has 1 aromatic carbocycles. The third-order valence-electron chi connectivity index (χ3n) is 7.58. The summed E-state index contributed by atoms with van der Waals surface area (Å²) in [6, 6.07) is 10.8. The van der Waals surface area contributed by atoms with Crippen LogP contribution >= 0.6 is 0 Å². The molecule has 3 aromatic rings. The lowest BCUT2D eigenvalue weighted by molar-refractivity contribution is -0.137. The summed E-state index contributed by atoms with van der Waals surface area (Å²) in [6.45, 7) is 4.55. The topological polar surface area (TPSA) is 102 Å². The van der Waals surface area contributed by atoms with E-state index >= 15 is 0 Å². The number of ether oxygens (including phenoxy) is 1. The number of carboxylic acid groups (broad SMARTS) is 1. The summed E-state index contributed by atoms with van der Waals surface area (Å²) < 4.78 is 35.5. The van der Waals surface area contributed by atoms with E-state index in [0.29, 0.717) is 37.6 Å². The van der Waals surface area contributed by atoms with Crippen LogP contribution in [0.3, 0.4) is 0 Å². The summed E-state index contributed by atoms with van der Waals surface area (Å²) in [5.41, 5.74) is 2.83. The van der Waals surface area contributed by atoms with E-state index in [-0.39, 0.29) is 23.5 Å². The van der Waals surface area contributed by atoms with E-state index in [0.717, 1.165) is 35.1 Å². The minimum atomic E-state index is -3.60. The van der Waals surface area contributed by atoms with Gasteiger partial charge in [-0.15, -0.1) is 0 Å². The van der Waals surface area contributed by atoms with Gasteiger partial charge in [0.25, 0.3) is 0 Å². The summed E-state index contributed by atoms with van der Waals surface area (Å²) >= 11 is 0. The van der Waals surface area contributed by atoms with Crippen LogP contribution in [0.25, 0.3) is 11.0 Å². The van der Waals surface area contributed by atoms with Gasteiger partial charge in [-0.25, -0.2) is 13.4 Å². The number of hydrogen-bond donors (Lipinski definition) is 1. The lowest BCUT2D eigenvalue weighted by atomic mass is 9.90. The molecule has 1 saturated carbocycles. The first-order valence-corrected chi connectivity index (χ1v) is 14.6. The van der Waals surface area contributed by atoms with Crippen molar-refractivity contribution in [3.63, 3.8) is 0 Å². The van der Waals surface area contributed by atoms with Crippen LogP contribution in [0.1, 0.15) is 75.5 Å². The van der Waals surface area contributed by atoms with Crippen molar-refractivity contribution in [3.05, 3.63) is 53.9 Å². The van der Waals surface area contributed by atoms with Gasteiger partial charge in [0.1, 0.15) is 17.9 Å². The zero-order valence-electron chi connectivity index (χ0n) is 21.5. The van der Waals surface area contributed by atoms with Crippen molar-refractivity contribution in [3.8, 4) is 5.75 Å². The highest BCUT2D eigenvalue weighted by atomic mass is 32.2. The molecule has 1 saturated heterocycles. The van der Waals surface area contributed by atoms with Gasteiger partial charge < -0.3 is 14.4 Å². The fourth-order valence-corrected chi connectivity index (χ4v) is 7.23. The number of fused-ring (bicyclic) bond motifs is 1. The third kappa shape index (κ3) is 5.38. The number of carbonyl (C=O) groups is 1. The Labute approximate surface area is 218 Å². The minimum Gasteiger partial charge on any atom is -0.491 e. The molecule has 2 fully saturated rings. The second-order valence-corrected chi connectivity index (χ2v) is 12.4. The van der Waals surface area contributed by atoms with Crippen LogP contribution in [0.15, 0.2) is 47.5 Å². The molecular weight excluding hydrogens is 490 g/mol.